The molecule has 4 N–H and O–H groups in total. The average Bonchev–Trinajstić information content (AvgIpc) is 3.38. The monoisotopic (exact) mass is 560 g/mol. The first-order valence-corrected chi connectivity index (χ1v) is 12.8. The SMILES string of the molecule is CCc1cc(C(=O)Nc2ccc(Oc3ccnc4[nH]nc(N[C@H](C)CO)c34)c(F)c2)c(=O)n(-c2ccc(F)cc2)c1. The largest absolute Gasteiger partial charge is 0.453 e. The first kappa shape index (κ1) is 27.5. The molecule has 0 saturated carbocycles. The van der Waals surface area contributed by atoms with Gasteiger partial charge in [0.15, 0.2) is 23.0 Å². The third-order valence-electron chi connectivity index (χ3n) is 6.32. The Kier molecular flexibility index (Phi) is 7.74. The molecule has 2 aromatic carbocycles. The summed E-state index contributed by atoms with van der Waals surface area (Å²) in [5.41, 5.74) is 0.871. The van der Waals surface area contributed by atoms with Gasteiger partial charge in [-0.15, -0.1) is 0 Å². The van der Waals surface area contributed by atoms with Gasteiger partial charge < -0.3 is 20.5 Å². The third kappa shape index (κ3) is 5.77. The number of nitrogens with one attached hydrogen (secondary N) is 3. The molecule has 0 radical (unpaired) electrons. The zero-order valence-corrected chi connectivity index (χ0v) is 22.1. The van der Waals surface area contributed by atoms with Gasteiger partial charge >= 0.3 is 0 Å². The first-order valence-electron chi connectivity index (χ1n) is 12.8. The zero-order chi connectivity index (χ0) is 29.1. The van der Waals surface area contributed by atoms with Crippen LogP contribution in [-0.2, 0) is 6.42 Å². The lowest BCUT2D eigenvalue weighted by molar-refractivity contribution is 0.102. The molecule has 0 aliphatic rings. The normalized spacial score (nSPS) is 11.8. The second kappa shape index (κ2) is 11.6. The number of H-pyrrole nitrogens is 1. The van der Waals surface area contributed by atoms with Gasteiger partial charge in [-0.3, -0.25) is 19.3 Å². The molecule has 5 rings (SSSR count). The number of fused-ring (bicyclic) bond motifs is 1. The van der Waals surface area contributed by atoms with E-state index in [9.17, 15) is 19.1 Å². The molecular weight excluding hydrogens is 534 g/mol. The van der Waals surface area contributed by atoms with E-state index < -0.39 is 23.1 Å². The Morgan fingerprint density at radius 2 is 1.90 bits per heavy atom. The number of rotatable bonds is 9. The molecule has 3 heterocycles. The molecule has 1 atom stereocenters. The number of carbonyl (C=O) groups excluding carboxylic acids is 1. The molecule has 12 heteroatoms. The third-order valence-corrected chi connectivity index (χ3v) is 6.32. The Labute approximate surface area is 232 Å². The van der Waals surface area contributed by atoms with Crippen LogP contribution >= 0.6 is 0 Å². The van der Waals surface area contributed by atoms with Crippen molar-refractivity contribution in [3.05, 3.63) is 100 Å². The van der Waals surface area contributed by atoms with Crippen molar-refractivity contribution in [2.24, 2.45) is 0 Å². The van der Waals surface area contributed by atoms with E-state index in [1.165, 1.54) is 53.2 Å². The molecule has 0 spiro atoms. The summed E-state index contributed by atoms with van der Waals surface area (Å²) in [4.78, 5) is 30.5. The number of halogens is 2. The summed E-state index contributed by atoms with van der Waals surface area (Å²) in [7, 11) is 0. The molecule has 0 saturated heterocycles. The number of aliphatic hydroxyl groups excluding tert-OH is 1. The predicted octanol–water partition coefficient (Wildman–Crippen LogP) is 4.79. The number of aromatic amines is 1. The fourth-order valence-electron chi connectivity index (χ4n) is 4.16. The lowest BCUT2D eigenvalue weighted by Crippen LogP contribution is -2.28. The van der Waals surface area contributed by atoms with Gasteiger partial charge in [-0.2, -0.15) is 5.10 Å². The molecule has 0 unspecified atom stereocenters. The van der Waals surface area contributed by atoms with Crippen LogP contribution in [0.3, 0.4) is 0 Å². The fourth-order valence-corrected chi connectivity index (χ4v) is 4.16. The number of ether oxygens (including phenoxy) is 1. The maximum absolute atomic E-state index is 15.1. The number of hydrogen-bond donors (Lipinski definition) is 4. The number of aliphatic hydroxyl groups is 1. The number of hydrogen-bond acceptors (Lipinski definition) is 7. The van der Waals surface area contributed by atoms with Crippen molar-refractivity contribution in [2.75, 3.05) is 17.2 Å². The van der Waals surface area contributed by atoms with Gasteiger partial charge in [0.25, 0.3) is 11.5 Å². The molecule has 3 aromatic heterocycles. The van der Waals surface area contributed by atoms with E-state index in [-0.39, 0.29) is 35.4 Å². The maximum Gasteiger partial charge on any atom is 0.267 e. The molecule has 210 valence electrons. The summed E-state index contributed by atoms with van der Waals surface area (Å²) in [5.74, 6) is -1.41. The van der Waals surface area contributed by atoms with E-state index in [1.54, 1.807) is 19.2 Å². The highest BCUT2D eigenvalue weighted by molar-refractivity contribution is 6.04. The molecule has 10 nitrogen and oxygen atoms in total. The lowest BCUT2D eigenvalue weighted by atomic mass is 10.1. The van der Waals surface area contributed by atoms with Gasteiger partial charge in [-0.05, 0) is 61.4 Å². The van der Waals surface area contributed by atoms with Crippen LogP contribution in [0.25, 0.3) is 16.7 Å². The molecule has 41 heavy (non-hydrogen) atoms. The first-order chi connectivity index (χ1) is 19.8. The number of nitrogens with zero attached hydrogens (tertiary/aromatic N) is 3. The number of pyridine rings is 2. The van der Waals surface area contributed by atoms with Crippen molar-refractivity contribution in [3.8, 4) is 17.2 Å². The van der Waals surface area contributed by atoms with Crippen molar-refractivity contribution in [2.45, 2.75) is 26.3 Å². The van der Waals surface area contributed by atoms with E-state index in [1.807, 2.05) is 6.92 Å². The van der Waals surface area contributed by atoms with Crippen LogP contribution in [0.4, 0.5) is 20.3 Å². The molecule has 0 aliphatic heterocycles. The quantitative estimate of drug-likeness (QED) is 0.204. The van der Waals surface area contributed by atoms with Gasteiger partial charge in [0, 0.05) is 41.9 Å². The summed E-state index contributed by atoms with van der Waals surface area (Å²) < 4.78 is 35.6. The minimum atomic E-state index is -0.763. The Morgan fingerprint density at radius 1 is 1.12 bits per heavy atom. The van der Waals surface area contributed by atoms with Crippen LogP contribution in [0.5, 0.6) is 11.5 Å². The van der Waals surface area contributed by atoms with Crippen molar-refractivity contribution >= 4 is 28.4 Å². The topological polar surface area (TPSA) is 134 Å². The van der Waals surface area contributed by atoms with Crippen LogP contribution < -0.4 is 20.9 Å². The highest BCUT2D eigenvalue weighted by atomic mass is 19.1. The van der Waals surface area contributed by atoms with Crippen molar-refractivity contribution in [3.63, 3.8) is 0 Å². The number of benzene rings is 2. The Balaban J connectivity index is 1.40. The van der Waals surface area contributed by atoms with Crippen molar-refractivity contribution < 1.29 is 23.4 Å². The highest BCUT2D eigenvalue weighted by Gasteiger charge is 2.19. The molecule has 0 aliphatic carbocycles. The molecule has 0 bridgehead atoms. The summed E-state index contributed by atoms with van der Waals surface area (Å²) in [6, 6.07) is 11.9. The zero-order valence-electron chi connectivity index (χ0n) is 22.1. The van der Waals surface area contributed by atoms with E-state index in [4.69, 9.17) is 4.74 Å². The van der Waals surface area contributed by atoms with Gasteiger partial charge in [0.2, 0.25) is 0 Å². The fraction of sp³-hybridized carbons (Fsp3) is 0.172. The smallest absolute Gasteiger partial charge is 0.267 e. The number of anilines is 2. The second-order valence-electron chi connectivity index (χ2n) is 9.30. The molecule has 5 aromatic rings. The Hall–Kier alpha value is -5.10. The summed E-state index contributed by atoms with van der Waals surface area (Å²) in [6.07, 6.45) is 3.61. The molecule has 0 fully saturated rings. The Bertz CT molecular complexity index is 1790. The highest BCUT2D eigenvalue weighted by Crippen LogP contribution is 2.34. The van der Waals surface area contributed by atoms with Crippen molar-refractivity contribution in [1.82, 2.24) is 19.7 Å². The Morgan fingerprint density at radius 3 is 2.61 bits per heavy atom. The average molecular weight is 561 g/mol. The van der Waals surface area contributed by atoms with Gasteiger partial charge in [0.05, 0.1) is 6.61 Å². The minimum absolute atomic E-state index is 0.108. The van der Waals surface area contributed by atoms with Gasteiger partial charge in [-0.1, -0.05) is 6.92 Å². The van der Waals surface area contributed by atoms with Crippen LogP contribution in [-0.4, -0.2) is 43.4 Å². The minimum Gasteiger partial charge on any atom is -0.453 e. The van der Waals surface area contributed by atoms with Crippen LogP contribution in [0.2, 0.25) is 0 Å². The van der Waals surface area contributed by atoms with E-state index in [0.717, 1.165) is 6.07 Å². The summed E-state index contributed by atoms with van der Waals surface area (Å²) >= 11 is 0. The number of carbonyl (C=O) groups is 1. The van der Waals surface area contributed by atoms with E-state index >= 15 is 4.39 Å². The number of amides is 1. The molecular formula is C29H26F2N6O4. The summed E-state index contributed by atoms with van der Waals surface area (Å²) in [5, 5.41) is 22.4. The van der Waals surface area contributed by atoms with Crippen LogP contribution in [0.1, 0.15) is 29.8 Å². The van der Waals surface area contributed by atoms with Crippen LogP contribution in [0.15, 0.2) is 71.8 Å². The maximum atomic E-state index is 15.1. The number of aryl methyl sites for hydroxylation is 1. The lowest BCUT2D eigenvalue weighted by Gasteiger charge is -2.13. The second-order valence-corrected chi connectivity index (χ2v) is 9.30. The van der Waals surface area contributed by atoms with Gasteiger partial charge in [0.1, 0.15) is 22.5 Å². The molecule has 1 amide bonds. The van der Waals surface area contributed by atoms with Crippen molar-refractivity contribution in [1.29, 1.82) is 0 Å². The van der Waals surface area contributed by atoms with E-state index in [0.29, 0.717) is 34.5 Å². The standard InChI is InChI=1S/C29H26F2N6O4/c1-3-17-12-21(29(40)37(14-17)20-7-4-18(30)5-8-20)28(39)34-19-6-9-23(22(31)13-19)41-24-10-11-32-26-25(24)27(36-35-26)33-16(2)15-38/h4-14,16,38H,3,15H2,1-2H3,(H,34,39)(H2,32,33,35,36)/t16-/m1/s1. The van der Waals surface area contributed by atoms with Gasteiger partial charge in [-0.25, -0.2) is 13.8 Å². The van der Waals surface area contributed by atoms with Crippen LogP contribution in [0, 0.1) is 11.6 Å². The predicted molar refractivity (Wildman–Crippen MR) is 150 cm³/mol. The number of aromatic nitrogens is 4. The summed E-state index contributed by atoms with van der Waals surface area (Å²) in [6.45, 7) is 3.51. The van der Waals surface area contributed by atoms with E-state index in [2.05, 4.69) is 25.8 Å².